The molecule has 0 aromatic heterocycles. The van der Waals surface area contributed by atoms with E-state index in [-0.39, 0.29) is 0 Å². The molecule has 1 aliphatic rings. The lowest BCUT2D eigenvalue weighted by Gasteiger charge is -2.19. The molecule has 1 aliphatic carbocycles. The van der Waals surface area contributed by atoms with Crippen LogP contribution in [0.5, 0.6) is 0 Å². The number of hydrogen-bond acceptors (Lipinski definition) is 0. The molecular formula is C9H16. The summed E-state index contributed by atoms with van der Waals surface area (Å²) in [5.41, 5.74) is 1.67. The molecule has 0 spiro atoms. The predicted molar refractivity (Wildman–Crippen MR) is 41.4 cm³/mol. The molecule has 0 heterocycles. The Balaban J connectivity index is 2.41. The molecule has 0 N–H and O–H groups in total. The summed E-state index contributed by atoms with van der Waals surface area (Å²) in [7, 11) is 0. The van der Waals surface area contributed by atoms with E-state index in [2.05, 4.69) is 19.9 Å². The van der Waals surface area contributed by atoms with Crippen LogP contribution in [0.25, 0.3) is 0 Å². The molecule has 0 radical (unpaired) electrons. The predicted octanol–water partition coefficient (Wildman–Crippen LogP) is 3.14. The Morgan fingerprint density at radius 2 is 2.33 bits per heavy atom. The highest BCUT2D eigenvalue weighted by molar-refractivity contribution is 5.03. The van der Waals surface area contributed by atoms with Gasteiger partial charge < -0.3 is 0 Å². The van der Waals surface area contributed by atoms with Crippen molar-refractivity contribution < 1.29 is 0 Å². The van der Waals surface area contributed by atoms with Gasteiger partial charge in [-0.1, -0.05) is 25.0 Å². The second kappa shape index (κ2) is 3.05. The Kier molecular flexibility index (Phi) is 2.32. The first-order valence-electron chi connectivity index (χ1n) is 3.97. The Bertz CT molecular complexity index is 111. The van der Waals surface area contributed by atoms with Gasteiger partial charge in [-0.15, -0.1) is 0 Å². The monoisotopic (exact) mass is 124 g/mol. The first-order valence-corrected chi connectivity index (χ1v) is 3.97. The maximum Gasteiger partial charge on any atom is -0.0295 e. The van der Waals surface area contributed by atoms with Crippen LogP contribution in [0, 0.1) is 5.92 Å². The molecule has 1 unspecified atom stereocenters. The van der Waals surface area contributed by atoms with Crippen LogP contribution in [-0.4, -0.2) is 0 Å². The zero-order chi connectivity index (χ0) is 6.69. The molecule has 0 bridgehead atoms. The molecule has 0 aromatic carbocycles. The Hall–Kier alpha value is -0.260. The molecule has 1 rings (SSSR count). The molecule has 0 saturated heterocycles. The maximum atomic E-state index is 2.35. The summed E-state index contributed by atoms with van der Waals surface area (Å²) in [4.78, 5) is 0. The van der Waals surface area contributed by atoms with Crippen molar-refractivity contribution in [2.24, 2.45) is 5.92 Å². The van der Waals surface area contributed by atoms with E-state index in [9.17, 15) is 0 Å². The molecule has 0 amide bonds. The van der Waals surface area contributed by atoms with Crippen molar-refractivity contribution >= 4 is 0 Å². The molecule has 0 aliphatic heterocycles. The van der Waals surface area contributed by atoms with E-state index in [1.807, 2.05) is 0 Å². The highest BCUT2D eigenvalue weighted by Gasteiger charge is 2.10. The third-order valence-corrected chi connectivity index (χ3v) is 2.21. The Morgan fingerprint density at radius 1 is 1.56 bits per heavy atom. The molecule has 0 aromatic rings. The summed E-state index contributed by atoms with van der Waals surface area (Å²) >= 11 is 0. The zero-order valence-corrected chi connectivity index (χ0v) is 6.48. The SMILES string of the molecule is C/C=C1\CCCC(C)C1. The van der Waals surface area contributed by atoms with Crippen LogP contribution in [0.4, 0.5) is 0 Å². The third kappa shape index (κ3) is 1.85. The molecule has 1 fully saturated rings. The van der Waals surface area contributed by atoms with E-state index in [1.165, 1.54) is 25.7 Å². The summed E-state index contributed by atoms with van der Waals surface area (Å²) in [5.74, 6) is 0.949. The van der Waals surface area contributed by atoms with Gasteiger partial charge in [-0.2, -0.15) is 0 Å². The minimum atomic E-state index is 0.949. The quantitative estimate of drug-likeness (QED) is 0.435. The van der Waals surface area contributed by atoms with Crippen molar-refractivity contribution in [2.75, 3.05) is 0 Å². The van der Waals surface area contributed by atoms with Crippen LogP contribution < -0.4 is 0 Å². The van der Waals surface area contributed by atoms with Crippen molar-refractivity contribution in [3.63, 3.8) is 0 Å². The molecule has 0 heteroatoms. The molecule has 9 heavy (non-hydrogen) atoms. The molecule has 52 valence electrons. The van der Waals surface area contributed by atoms with Crippen LogP contribution >= 0.6 is 0 Å². The van der Waals surface area contributed by atoms with Gasteiger partial charge in [0, 0.05) is 0 Å². The number of allylic oxidation sites excluding steroid dienone is 2. The second-order valence-corrected chi connectivity index (χ2v) is 3.15. The van der Waals surface area contributed by atoms with Crippen molar-refractivity contribution in [2.45, 2.75) is 39.5 Å². The van der Waals surface area contributed by atoms with Gasteiger partial charge in [-0.25, -0.2) is 0 Å². The van der Waals surface area contributed by atoms with Gasteiger partial charge in [0.1, 0.15) is 0 Å². The minimum Gasteiger partial charge on any atom is -0.0884 e. The van der Waals surface area contributed by atoms with E-state index in [4.69, 9.17) is 0 Å². The van der Waals surface area contributed by atoms with E-state index >= 15 is 0 Å². The van der Waals surface area contributed by atoms with Gasteiger partial charge in [-0.05, 0) is 32.1 Å². The number of hydrogen-bond donors (Lipinski definition) is 0. The Labute approximate surface area is 58.0 Å². The van der Waals surface area contributed by atoms with E-state index in [1.54, 1.807) is 5.57 Å². The molecule has 1 saturated carbocycles. The average molecular weight is 124 g/mol. The van der Waals surface area contributed by atoms with E-state index < -0.39 is 0 Å². The smallest absolute Gasteiger partial charge is 0.0295 e. The van der Waals surface area contributed by atoms with E-state index in [0.717, 1.165) is 5.92 Å². The number of rotatable bonds is 0. The highest BCUT2D eigenvalue weighted by atomic mass is 14.2. The summed E-state index contributed by atoms with van der Waals surface area (Å²) in [6, 6.07) is 0. The first-order chi connectivity index (χ1) is 4.33. The zero-order valence-electron chi connectivity index (χ0n) is 6.48. The van der Waals surface area contributed by atoms with Gasteiger partial charge in [0.25, 0.3) is 0 Å². The standard InChI is InChI=1S/C9H16/c1-3-9-6-4-5-8(2)7-9/h3,8H,4-7H2,1-2H3/b9-3+. The Morgan fingerprint density at radius 3 is 2.78 bits per heavy atom. The topological polar surface area (TPSA) is 0 Å². The van der Waals surface area contributed by atoms with Gasteiger partial charge in [0.2, 0.25) is 0 Å². The van der Waals surface area contributed by atoms with Crippen molar-refractivity contribution in [3.8, 4) is 0 Å². The van der Waals surface area contributed by atoms with Gasteiger partial charge >= 0.3 is 0 Å². The lowest BCUT2D eigenvalue weighted by molar-refractivity contribution is 0.452. The maximum absolute atomic E-state index is 2.35. The van der Waals surface area contributed by atoms with Gasteiger partial charge in [0.05, 0.1) is 0 Å². The van der Waals surface area contributed by atoms with Crippen molar-refractivity contribution in [1.82, 2.24) is 0 Å². The fraction of sp³-hybridized carbons (Fsp3) is 0.778. The third-order valence-electron chi connectivity index (χ3n) is 2.21. The minimum absolute atomic E-state index is 0.949. The van der Waals surface area contributed by atoms with Crippen LogP contribution in [0.2, 0.25) is 0 Å². The van der Waals surface area contributed by atoms with Crippen LogP contribution in [0.3, 0.4) is 0 Å². The summed E-state index contributed by atoms with van der Waals surface area (Å²) in [6.45, 7) is 4.51. The van der Waals surface area contributed by atoms with Gasteiger partial charge in [0.15, 0.2) is 0 Å². The van der Waals surface area contributed by atoms with E-state index in [0.29, 0.717) is 0 Å². The first kappa shape index (κ1) is 6.85. The normalized spacial score (nSPS) is 33.1. The highest BCUT2D eigenvalue weighted by Crippen LogP contribution is 2.27. The summed E-state index contributed by atoms with van der Waals surface area (Å²) in [5, 5.41) is 0. The van der Waals surface area contributed by atoms with Crippen molar-refractivity contribution in [1.29, 1.82) is 0 Å². The second-order valence-electron chi connectivity index (χ2n) is 3.15. The molecule has 1 atom stereocenters. The molecule has 0 nitrogen and oxygen atoms in total. The summed E-state index contributed by atoms with van der Waals surface area (Å²) < 4.78 is 0. The van der Waals surface area contributed by atoms with Crippen LogP contribution in [-0.2, 0) is 0 Å². The van der Waals surface area contributed by atoms with Crippen molar-refractivity contribution in [3.05, 3.63) is 11.6 Å². The lowest BCUT2D eigenvalue weighted by Crippen LogP contribution is -2.03. The largest absolute Gasteiger partial charge is 0.0884 e. The van der Waals surface area contributed by atoms with Gasteiger partial charge in [-0.3, -0.25) is 0 Å². The summed E-state index contributed by atoms with van der Waals surface area (Å²) in [6.07, 6.45) is 7.87. The van der Waals surface area contributed by atoms with Crippen LogP contribution in [0.1, 0.15) is 39.5 Å². The fourth-order valence-electron chi connectivity index (χ4n) is 1.59. The average Bonchev–Trinajstić information content (AvgIpc) is 1.88. The van der Waals surface area contributed by atoms with Crippen LogP contribution in [0.15, 0.2) is 11.6 Å². The molecular weight excluding hydrogens is 108 g/mol. The lowest BCUT2D eigenvalue weighted by atomic mass is 9.87. The fourth-order valence-corrected chi connectivity index (χ4v) is 1.59.